The van der Waals surface area contributed by atoms with Crippen molar-refractivity contribution in [2.75, 3.05) is 6.61 Å². The van der Waals surface area contributed by atoms with Crippen molar-refractivity contribution in [3.8, 4) is 23.0 Å². The molecule has 0 aliphatic carbocycles. The van der Waals surface area contributed by atoms with Gasteiger partial charge >= 0.3 is 0 Å². The van der Waals surface area contributed by atoms with Crippen molar-refractivity contribution in [1.82, 2.24) is 0 Å². The lowest BCUT2D eigenvalue weighted by atomic mass is 9.94. The molecule has 2 heterocycles. The van der Waals surface area contributed by atoms with Crippen molar-refractivity contribution in [3.05, 3.63) is 47.5 Å². The molecule has 0 aromatic heterocycles. The minimum absolute atomic E-state index is 0.0265. The fraction of sp³-hybridized carbons (Fsp3) is 0.400. The quantitative estimate of drug-likeness (QED) is 0.396. The molecule has 1 saturated heterocycles. The number of fused-ring (bicyclic) bond motifs is 1. The van der Waals surface area contributed by atoms with Crippen LogP contribution in [0.2, 0.25) is 0 Å². The highest BCUT2D eigenvalue weighted by molar-refractivity contribution is 5.45. The van der Waals surface area contributed by atoms with Gasteiger partial charge in [0.05, 0.1) is 6.61 Å². The Morgan fingerprint density at radius 1 is 0.897 bits per heavy atom. The van der Waals surface area contributed by atoms with Crippen LogP contribution in [0.3, 0.4) is 0 Å². The van der Waals surface area contributed by atoms with Crippen LogP contribution in [0.1, 0.15) is 17.2 Å². The average molecular weight is 406 g/mol. The van der Waals surface area contributed by atoms with Crippen LogP contribution in [0.15, 0.2) is 36.4 Å². The van der Waals surface area contributed by atoms with Gasteiger partial charge in [0.15, 0.2) is 23.9 Å². The normalized spacial score (nSPS) is 31.7. The van der Waals surface area contributed by atoms with Gasteiger partial charge in [0.1, 0.15) is 35.9 Å². The summed E-state index contributed by atoms with van der Waals surface area (Å²) in [7, 11) is 0. The molecule has 4 rings (SSSR count). The third kappa shape index (κ3) is 3.83. The lowest BCUT2D eigenvalue weighted by Gasteiger charge is -2.40. The number of hydrogen-bond acceptors (Lipinski definition) is 9. The van der Waals surface area contributed by atoms with E-state index in [9.17, 15) is 30.6 Å². The Hall–Kier alpha value is -2.56. The SMILES string of the molecule is Oc1ccc2c(c1)OC(c1ccc(O)c(O)c1)C(OC1OCC(O)C(O)C1O)C2. The zero-order valence-electron chi connectivity index (χ0n) is 15.3. The van der Waals surface area contributed by atoms with Gasteiger partial charge in [-0.1, -0.05) is 12.1 Å². The van der Waals surface area contributed by atoms with Gasteiger partial charge in [0.25, 0.3) is 0 Å². The first-order chi connectivity index (χ1) is 13.8. The zero-order valence-corrected chi connectivity index (χ0v) is 15.3. The lowest BCUT2D eigenvalue weighted by molar-refractivity contribution is -0.290. The second kappa shape index (κ2) is 7.69. The summed E-state index contributed by atoms with van der Waals surface area (Å²) >= 11 is 0. The monoisotopic (exact) mass is 406 g/mol. The standard InChI is InChI=1S/C20H22O9/c21-11-3-1-9-6-16(29-20-18(26)17(25)14(24)8-27-20)19(28-15(9)7-11)10-2-4-12(22)13(23)5-10/h1-5,7,14,16-26H,6,8H2. The van der Waals surface area contributed by atoms with Crippen LogP contribution in [0.4, 0.5) is 0 Å². The molecule has 2 aliphatic heterocycles. The molecule has 0 radical (unpaired) electrons. The highest BCUT2D eigenvalue weighted by atomic mass is 16.7. The van der Waals surface area contributed by atoms with Crippen LogP contribution in [-0.4, -0.2) is 68.0 Å². The molecule has 2 aromatic carbocycles. The molecule has 0 saturated carbocycles. The van der Waals surface area contributed by atoms with Gasteiger partial charge in [-0.05, 0) is 29.3 Å². The van der Waals surface area contributed by atoms with E-state index >= 15 is 0 Å². The van der Waals surface area contributed by atoms with Crippen LogP contribution >= 0.6 is 0 Å². The van der Waals surface area contributed by atoms with Crippen LogP contribution in [0.5, 0.6) is 23.0 Å². The fourth-order valence-electron chi connectivity index (χ4n) is 3.55. The Labute approximate surface area is 166 Å². The van der Waals surface area contributed by atoms with Crippen LogP contribution in [0, 0.1) is 0 Å². The maximum Gasteiger partial charge on any atom is 0.186 e. The number of phenolic OH excluding ortho intramolecular Hbond substituents is 3. The summed E-state index contributed by atoms with van der Waals surface area (Å²) in [6, 6.07) is 8.86. The molecule has 1 fully saturated rings. The predicted octanol–water partition coefficient (Wildman–Crippen LogP) is 0.304. The molecule has 9 nitrogen and oxygen atoms in total. The van der Waals surface area contributed by atoms with E-state index in [2.05, 4.69) is 0 Å². The zero-order chi connectivity index (χ0) is 20.7. The predicted molar refractivity (Wildman–Crippen MR) is 97.6 cm³/mol. The molecule has 6 atom stereocenters. The lowest BCUT2D eigenvalue weighted by Crippen LogP contribution is -2.55. The van der Waals surface area contributed by atoms with E-state index in [1.54, 1.807) is 12.1 Å². The molecule has 156 valence electrons. The van der Waals surface area contributed by atoms with Gasteiger partial charge in [-0.2, -0.15) is 0 Å². The summed E-state index contributed by atoms with van der Waals surface area (Å²) in [6.45, 7) is -0.203. The number of ether oxygens (including phenoxy) is 3. The maximum absolute atomic E-state index is 10.2. The van der Waals surface area contributed by atoms with Crippen molar-refractivity contribution in [3.63, 3.8) is 0 Å². The van der Waals surface area contributed by atoms with Crippen molar-refractivity contribution in [2.45, 2.75) is 43.2 Å². The number of benzene rings is 2. The highest BCUT2D eigenvalue weighted by Crippen LogP contribution is 2.41. The first-order valence-corrected chi connectivity index (χ1v) is 9.15. The van der Waals surface area contributed by atoms with Gasteiger partial charge in [0.2, 0.25) is 0 Å². The second-order valence-electron chi connectivity index (χ2n) is 7.21. The molecule has 0 amide bonds. The molecule has 29 heavy (non-hydrogen) atoms. The minimum atomic E-state index is -1.46. The van der Waals surface area contributed by atoms with Gasteiger partial charge in [-0.15, -0.1) is 0 Å². The molecular formula is C20H22O9. The number of aromatic hydroxyl groups is 3. The number of rotatable bonds is 3. The molecule has 6 unspecified atom stereocenters. The third-order valence-electron chi connectivity index (χ3n) is 5.15. The molecule has 6 N–H and O–H groups in total. The first-order valence-electron chi connectivity index (χ1n) is 9.15. The maximum atomic E-state index is 10.2. The van der Waals surface area contributed by atoms with Crippen molar-refractivity contribution >= 4 is 0 Å². The van der Waals surface area contributed by atoms with E-state index in [4.69, 9.17) is 14.2 Å². The molecule has 2 aromatic rings. The minimum Gasteiger partial charge on any atom is -0.508 e. The smallest absolute Gasteiger partial charge is 0.186 e. The Bertz CT molecular complexity index is 886. The summed E-state index contributed by atoms with van der Waals surface area (Å²) < 4.78 is 17.3. The van der Waals surface area contributed by atoms with Crippen molar-refractivity contribution < 1.29 is 44.8 Å². The topological polar surface area (TPSA) is 149 Å². The van der Waals surface area contributed by atoms with E-state index in [-0.39, 0.29) is 23.9 Å². The molecule has 2 aliphatic rings. The number of aliphatic hydroxyl groups excluding tert-OH is 3. The molecular weight excluding hydrogens is 384 g/mol. The van der Waals surface area contributed by atoms with Crippen molar-refractivity contribution in [1.29, 1.82) is 0 Å². The summed E-state index contributed by atoms with van der Waals surface area (Å²) in [5.41, 5.74) is 1.24. The van der Waals surface area contributed by atoms with Gasteiger partial charge in [0, 0.05) is 12.5 Å². The Morgan fingerprint density at radius 3 is 2.45 bits per heavy atom. The summed E-state index contributed by atoms with van der Waals surface area (Å²) in [6.07, 6.45) is -6.44. The number of phenols is 3. The van der Waals surface area contributed by atoms with E-state index < -0.39 is 36.8 Å². The van der Waals surface area contributed by atoms with Crippen LogP contribution < -0.4 is 4.74 Å². The molecule has 9 heteroatoms. The van der Waals surface area contributed by atoms with E-state index in [1.165, 1.54) is 24.3 Å². The third-order valence-corrected chi connectivity index (χ3v) is 5.15. The van der Waals surface area contributed by atoms with Crippen molar-refractivity contribution in [2.24, 2.45) is 0 Å². The van der Waals surface area contributed by atoms with Crippen LogP contribution in [0.25, 0.3) is 0 Å². The fourth-order valence-corrected chi connectivity index (χ4v) is 3.55. The largest absolute Gasteiger partial charge is 0.508 e. The van der Waals surface area contributed by atoms with E-state index in [0.717, 1.165) is 5.56 Å². The summed E-state index contributed by atoms with van der Waals surface area (Å²) in [5.74, 6) is -0.163. The highest BCUT2D eigenvalue weighted by Gasteiger charge is 2.42. The van der Waals surface area contributed by atoms with Gasteiger partial charge in [-0.3, -0.25) is 0 Å². The van der Waals surface area contributed by atoms with E-state index in [1.807, 2.05) is 0 Å². The van der Waals surface area contributed by atoms with Gasteiger partial charge < -0.3 is 44.8 Å². The molecule has 0 bridgehead atoms. The second-order valence-corrected chi connectivity index (χ2v) is 7.21. The Balaban J connectivity index is 1.64. The van der Waals surface area contributed by atoms with Crippen LogP contribution in [-0.2, 0) is 15.9 Å². The summed E-state index contributed by atoms with van der Waals surface area (Å²) in [5, 5.41) is 58.9. The average Bonchev–Trinajstić information content (AvgIpc) is 2.70. The Morgan fingerprint density at radius 2 is 1.69 bits per heavy atom. The molecule has 0 spiro atoms. The Kier molecular flexibility index (Phi) is 5.24. The number of hydrogen-bond donors (Lipinski definition) is 6. The number of aliphatic hydroxyl groups is 3. The van der Waals surface area contributed by atoms with Gasteiger partial charge in [-0.25, -0.2) is 0 Å². The van der Waals surface area contributed by atoms with E-state index in [0.29, 0.717) is 17.7 Å². The first kappa shape index (κ1) is 19.7. The summed E-state index contributed by atoms with van der Waals surface area (Å²) in [4.78, 5) is 0.